The normalized spacial score (nSPS) is 15.5. The highest BCUT2D eigenvalue weighted by atomic mass is 19.1. The van der Waals surface area contributed by atoms with Crippen LogP contribution in [-0.4, -0.2) is 58.1 Å². The standard InChI is InChI=1S/C17H22FN5O/c1-14-19-6-7-22(14)11-8-21-9-12-23(13-10-21)17(24)20-16-4-2-15(18)3-5-16/h2-7H,8-13H2,1H3,(H,20,24). The van der Waals surface area contributed by atoms with Crippen LogP contribution in [-0.2, 0) is 6.54 Å². The van der Waals surface area contributed by atoms with Crippen LogP contribution in [0.3, 0.4) is 0 Å². The number of hydrogen-bond acceptors (Lipinski definition) is 3. The average Bonchev–Trinajstić information content (AvgIpc) is 3.00. The minimum atomic E-state index is -0.310. The number of hydrogen-bond donors (Lipinski definition) is 1. The Kier molecular flexibility index (Phi) is 5.10. The molecule has 6 nitrogen and oxygen atoms in total. The van der Waals surface area contributed by atoms with Gasteiger partial charge in [-0.05, 0) is 31.2 Å². The lowest BCUT2D eigenvalue weighted by Gasteiger charge is -2.34. The molecule has 1 saturated heterocycles. The monoisotopic (exact) mass is 331 g/mol. The van der Waals surface area contributed by atoms with Crippen LogP contribution in [0.2, 0.25) is 0 Å². The third-order valence-electron chi connectivity index (χ3n) is 4.34. The molecule has 0 radical (unpaired) electrons. The van der Waals surface area contributed by atoms with Gasteiger partial charge < -0.3 is 14.8 Å². The van der Waals surface area contributed by atoms with Gasteiger partial charge in [-0.2, -0.15) is 0 Å². The first kappa shape index (κ1) is 16.4. The molecule has 128 valence electrons. The Hall–Kier alpha value is -2.41. The Morgan fingerprint density at radius 1 is 1.17 bits per heavy atom. The number of aryl methyl sites for hydroxylation is 1. The maximum absolute atomic E-state index is 12.9. The van der Waals surface area contributed by atoms with Crippen LogP contribution < -0.4 is 5.32 Å². The third-order valence-corrected chi connectivity index (χ3v) is 4.34. The van der Waals surface area contributed by atoms with Crippen molar-refractivity contribution >= 4 is 11.7 Å². The van der Waals surface area contributed by atoms with Gasteiger partial charge in [-0.1, -0.05) is 0 Å². The van der Waals surface area contributed by atoms with E-state index in [-0.39, 0.29) is 11.8 Å². The maximum Gasteiger partial charge on any atom is 0.321 e. The molecule has 2 aromatic rings. The number of anilines is 1. The number of aromatic nitrogens is 2. The van der Waals surface area contributed by atoms with Gasteiger partial charge in [0.2, 0.25) is 0 Å². The van der Waals surface area contributed by atoms with E-state index in [1.165, 1.54) is 12.1 Å². The summed E-state index contributed by atoms with van der Waals surface area (Å²) in [6, 6.07) is 5.68. The first-order valence-electron chi connectivity index (χ1n) is 8.13. The van der Waals surface area contributed by atoms with E-state index in [1.54, 1.807) is 17.0 Å². The minimum Gasteiger partial charge on any atom is -0.334 e. The van der Waals surface area contributed by atoms with E-state index in [4.69, 9.17) is 0 Å². The molecule has 0 aliphatic carbocycles. The summed E-state index contributed by atoms with van der Waals surface area (Å²) in [6.45, 7) is 6.94. The van der Waals surface area contributed by atoms with Crippen molar-refractivity contribution in [1.29, 1.82) is 0 Å². The maximum atomic E-state index is 12.9. The zero-order chi connectivity index (χ0) is 16.9. The number of imidazole rings is 1. The second-order valence-corrected chi connectivity index (χ2v) is 5.93. The molecule has 0 atom stereocenters. The summed E-state index contributed by atoms with van der Waals surface area (Å²) in [5.41, 5.74) is 0.611. The SMILES string of the molecule is Cc1nccn1CCN1CCN(C(=O)Nc2ccc(F)cc2)CC1. The van der Waals surface area contributed by atoms with E-state index in [0.29, 0.717) is 18.8 Å². The van der Waals surface area contributed by atoms with Crippen molar-refractivity contribution in [3.05, 3.63) is 48.3 Å². The van der Waals surface area contributed by atoms with Crippen LogP contribution >= 0.6 is 0 Å². The number of nitrogens with one attached hydrogen (secondary N) is 1. The van der Waals surface area contributed by atoms with E-state index in [0.717, 1.165) is 32.0 Å². The first-order valence-corrected chi connectivity index (χ1v) is 8.13. The number of halogens is 1. The minimum absolute atomic E-state index is 0.133. The number of amides is 2. The molecule has 1 fully saturated rings. The summed E-state index contributed by atoms with van der Waals surface area (Å²) in [5.74, 6) is 0.710. The van der Waals surface area contributed by atoms with Gasteiger partial charge in [0.15, 0.2) is 0 Å². The van der Waals surface area contributed by atoms with Gasteiger partial charge in [-0.3, -0.25) is 4.90 Å². The number of rotatable bonds is 4. The van der Waals surface area contributed by atoms with E-state index in [2.05, 4.69) is 19.8 Å². The number of urea groups is 1. The third kappa shape index (κ3) is 4.11. The van der Waals surface area contributed by atoms with Crippen molar-refractivity contribution in [2.24, 2.45) is 0 Å². The highest BCUT2D eigenvalue weighted by Gasteiger charge is 2.21. The lowest BCUT2D eigenvalue weighted by Crippen LogP contribution is -2.50. The van der Waals surface area contributed by atoms with Gasteiger partial charge in [-0.25, -0.2) is 14.2 Å². The van der Waals surface area contributed by atoms with E-state index in [1.807, 2.05) is 19.3 Å². The van der Waals surface area contributed by atoms with Crippen molar-refractivity contribution in [1.82, 2.24) is 19.4 Å². The van der Waals surface area contributed by atoms with Crippen molar-refractivity contribution in [2.75, 3.05) is 38.0 Å². The molecular weight excluding hydrogens is 309 g/mol. The molecule has 24 heavy (non-hydrogen) atoms. The van der Waals surface area contributed by atoms with Crippen molar-refractivity contribution in [3.8, 4) is 0 Å². The highest BCUT2D eigenvalue weighted by Crippen LogP contribution is 2.11. The molecule has 0 saturated carbocycles. The molecule has 3 rings (SSSR count). The topological polar surface area (TPSA) is 53.4 Å². The Balaban J connectivity index is 1.43. The lowest BCUT2D eigenvalue weighted by atomic mass is 10.3. The van der Waals surface area contributed by atoms with Crippen LogP contribution in [0.1, 0.15) is 5.82 Å². The van der Waals surface area contributed by atoms with Crippen molar-refractivity contribution in [3.63, 3.8) is 0 Å². The summed E-state index contributed by atoms with van der Waals surface area (Å²) in [6.07, 6.45) is 3.80. The molecule has 1 aromatic carbocycles. The molecule has 1 aliphatic heterocycles. The Bertz CT molecular complexity index is 677. The Morgan fingerprint density at radius 3 is 2.50 bits per heavy atom. The van der Waals surface area contributed by atoms with Gasteiger partial charge in [0.1, 0.15) is 11.6 Å². The first-order chi connectivity index (χ1) is 11.6. The van der Waals surface area contributed by atoms with Gasteiger partial charge in [-0.15, -0.1) is 0 Å². The molecule has 0 spiro atoms. The van der Waals surface area contributed by atoms with Crippen LogP contribution in [0, 0.1) is 12.7 Å². The molecule has 1 N–H and O–H groups in total. The summed E-state index contributed by atoms with van der Waals surface area (Å²) >= 11 is 0. The average molecular weight is 331 g/mol. The van der Waals surface area contributed by atoms with Gasteiger partial charge in [0.05, 0.1) is 0 Å². The van der Waals surface area contributed by atoms with Gasteiger partial charge >= 0.3 is 6.03 Å². The molecule has 0 unspecified atom stereocenters. The zero-order valence-corrected chi connectivity index (χ0v) is 13.8. The second-order valence-electron chi connectivity index (χ2n) is 5.93. The predicted molar refractivity (Wildman–Crippen MR) is 90.4 cm³/mol. The van der Waals surface area contributed by atoms with Gasteiger partial charge in [0, 0.05) is 57.3 Å². The number of piperazine rings is 1. The number of nitrogens with zero attached hydrogens (tertiary/aromatic N) is 4. The molecule has 2 amide bonds. The van der Waals surface area contributed by atoms with Gasteiger partial charge in [0.25, 0.3) is 0 Å². The lowest BCUT2D eigenvalue weighted by molar-refractivity contribution is 0.144. The second kappa shape index (κ2) is 7.44. The number of carbonyl (C=O) groups is 1. The van der Waals surface area contributed by atoms with Crippen LogP contribution in [0.15, 0.2) is 36.7 Å². The fraction of sp³-hybridized carbons (Fsp3) is 0.412. The van der Waals surface area contributed by atoms with E-state index < -0.39 is 0 Å². The molecule has 7 heteroatoms. The Labute approximate surface area is 140 Å². The molecular formula is C17H22FN5O. The van der Waals surface area contributed by atoms with E-state index in [9.17, 15) is 9.18 Å². The number of carbonyl (C=O) groups excluding carboxylic acids is 1. The number of benzene rings is 1. The largest absolute Gasteiger partial charge is 0.334 e. The molecule has 2 heterocycles. The van der Waals surface area contributed by atoms with Crippen molar-refractivity contribution in [2.45, 2.75) is 13.5 Å². The summed E-state index contributed by atoms with van der Waals surface area (Å²) in [5, 5.41) is 2.80. The summed E-state index contributed by atoms with van der Waals surface area (Å²) in [4.78, 5) is 20.6. The molecule has 1 aromatic heterocycles. The van der Waals surface area contributed by atoms with Crippen LogP contribution in [0.4, 0.5) is 14.9 Å². The van der Waals surface area contributed by atoms with Crippen LogP contribution in [0.5, 0.6) is 0 Å². The summed E-state index contributed by atoms with van der Waals surface area (Å²) < 4.78 is 15.0. The quantitative estimate of drug-likeness (QED) is 0.934. The van der Waals surface area contributed by atoms with Crippen molar-refractivity contribution < 1.29 is 9.18 Å². The Morgan fingerprint density at radius 2 is 1.88 bits per heavy atom. The fourth-order valence-electron chi connectivity index (χ4n) is 2.80. The van der Waals surface area contributed by atoms with Crippen LogP contribution in [0.25, 0.3) is 0 Å². The fourth-order valence-corrected chi connectivity index (χ4v) is 2.80. The smallest absolute Gasteiger partial charge is 0.321 e. The summed E-state index contributed by atoms with van der Waals surface area (Å²) in [7, 11) is 0. The molecule has 0 bridgehead atoms. The van der Waals surface area contributed by atoms with E-state index >= 15 is 0 Å². The molecule has 1 aliphatic rings. The zero-order valence-electron chi connectivity index (χ0n) is 13.8. The highest BCUT2D eigenvalue weighted by molar-refractivity contribution is 5.89. The predicted octanol–water partition coefficient (Wildman–Crippen LogP) is 2.18.